The number of ether oxygens (including phenoxy) is 1. The zero-order valence-electron chi connectivity index (χ0n) is 18.9. The van der Waals surface area contributed by atoms with Crippen molar-refractivity contribution in [1.82, 2.24) is 10.6 Å². The number of benzene rings is 2. The van der Waals surface area contributed by atoms with Gasteiger partial charge in [0.1, 0.15) is 11.8 Å². The average Bonchev–Trinajstić information content (AvgIpc) is 2.80. The largest absolute Gasteiger partial charge is 0.496 e. The van der Waals surface area contributed by atoms with Gasteiger partial charge in [-0.3, -0.25) is 14.4 Å². The Morgan fingerprint density at radius 2 is 1.78 bits per heavy atom. The average molecular weight is 458 g/mol. The molecule has 0 aromatic heterocycles. The number of carbonyl (C=O) groups excluding carboxylic acids is 3. The number of anilines is 1. The van der Waals surface area contributed by atoms with Crippen molar-refractivity contribution in [3.63, 3.8) is 0 Å². The number of hydrogen-bond acceptors (Lipinski definition) is 5. The molecule has 2 rings (SSSR count). The first-order valence-electron chi connectivity index (χ1n) is 10.5. The Morgan fingerprint density at radius 1 is 1.03 bits per heavy atom. The summed E-state index contributed by atoms with van der Waals surface area (Å²) in [6, 6.07) is 13.5. The minimum atomic E-state index is -0.677. The number of hydrogen-bond donors (Lipinski definition) is 3. The molecule has 0 bridgehead atoms. The Bertz CT molecular complexity index is 933. The number of amides is 3. The second-order valence-corrected chi connectivity index (χ2v) is 8.56. The highest BCUT2D eigenvalue weighted by atomic mass is 32.2. The Hall–Kier alpha value is -3.00. The summed E-state index contributed by atoms with van der Waals surface area (Å²) in [7, 11) is 1.50. The van der Waals surface area contributed by atoms with Crippen LogP contribution in [0.4, 0.5) is 5.69 Å². The summed E-state index contributed by atoms with van der Waals surface area (Å²) in [5.41, 5.74) is 1.91. The van der Waals surface area contributed by atoms with Gasteiger partial charge in [0.2, 0.25) is 11.8 Å². The van der Waals surface area contributed by atoms with Gasteiger partial charge < -0.3 is 20.7 Å². The summed E-state index contributed by atoms with van der Waals surface area (Å²) in [6.45, 7) is 3.94. The molecule has 0 saturated carbocycles. The third kappa shape index (κ3) is 7.60. The summed E-state index contributed by atoms with van der Waals surface area (Å²) < 4.78 is 5.25. The van der Waals surface area contributed by atoms with Crippen LogP contribution in [0.1, 0.15) is 36.2 Å². The summed E-state index contributed by atoms with van der Waals surface area (Å²) in [4.78, 5) is 37.5. The maximum atomic E-state index is 12.9. The molecule has 0 aliphatic heterocycles. The number of thioether (sulfide) groups is 1. The van der Waals surface area contributed by atoms with E-state index in [0.717, 1.165) is 11.3 Å². The fraction of sp³-hybridized carbons (Fsp3) is 0.375. The van der Waals surface area contributed by atoms with E-state index in [0.29, 0.717) is 23.4 Å². The van der Waals surface area contributed by atoms with E-state index < -0.39 is 6.04 Å². The smallest absolute Gasteiger partial charge is 0.255 e. The molecule has 0 aliphatic carbocycles. The van der Waals surface area contributed by atoms with E-state index in [4.69, 9.17) is 4.74 Å². The predicted molar refractivity (Wildman–Crippen MR) is 129 cm³/mol. The van der Waals surface area contributed by atoms with Gasteiger partial charge >= 0.3 is 0 Å². The molecule has 3 amide bonds. The molecule has 8 heteroatoms. The minimum absolute atomic E-state index is 0.0673. The van der Waals surface area contributed by atoms with Crippen LogP contribution in [-0.2, 0) is 16.1 Å². The maximum absolute atomic E-state index is 12.9. The number of methoxy groups -OCH3 is 1. The van der Waals surface area contributed by atoms with Crippen molar-refractivity contribution in [2.75, 3.05) is 24.4 Å². The van der Waals surface area contributed by atoms with E-state index in [9.17, 15) is 14.4 Å². The van der Waals surface area contributed by atoms with E-state index >= 15 is 0 Å². The predicted octanol–water partition coefficient (Wildman–Crippen LogP) is 3.46. The standard InChI is InChI=1S/C24H31N3O4S/c1-16(2)22(28)26-18-9-7-8-17(14-18)15-25-24(30)20(12-13-32-4)27-23(29)19-10-5-6-11-21(19)31-3/h5-11,14,16,20H,12-13,15H2,1-4H3,(H,25,30)(H,26,28)(H,27,29). The first-order chi connectivity index (χ1) is 15.3. The summed E-state index contributed by atoms with van der Waals surface area (Å²) in [6.07, 6.45) is 2.45. The molecule has 3 N–H and O–H groups in total. The van der Waals surface area contributed by atoms with E-state index in [1.54, 1.807) is 42.1 Å². The Labute approximate surface area is 193 Å². The SMILES string of the molecule is COc1ccccc1C(=O)NC(CCSC)C(=O)NCc1cccc(NC(=O)C(C)C)c1. The van der Waals surface area contributed by atoms with Gasteiger partial charge in [-0.2, -0.15) is 11.8 Å². The minimum Gasteiger partial charge on any atom is -0.496 e. The Balaban J connectivity index is 2.03. The van der Waals surface area contributed by atoms with Gasteiger partial charge in [-0.05, 0) is 48.3 Å². The molecule has 0 heterocycles. The quantitative estimate of drug-likeness (QED) is 0.480. The van der Waals surface area contributed by atoms with Crippen molar-refractivity contribution in [3.8, 4) is 5.75 Å². The lowest BCUT2D eigenvalue weighted by molar-refractivity contribution is -0.123. The molecular formula is C24H31N3O4S. The molecule has 1 atom stereocenters. The van der Waals surface area contributed by atoms with Gasteiger partial charge in [0.25, 0.3) is 5.91 Å². The molecule has 1 unspecified atom stereocenters. The highest BCUT2D eigenvalue weighted by Crippen LogP contribution is 2.17. The van der Waals surface area contributed by atoms with Gasteiger partial charge in [0.15, 0.2) is 0 Å². The van der Waals surface area contributed by atoms with Crippen LogP contribution in [0.25, 0.3) is 0 Å². The first kappa shape index (κ1) is 25.3. The topological polar surface area (TPSA) is 96.5 Å². The molecule has 0 spiro atoms. The number of rotatable bonds is 11. The zero-order chi connectivity index (χ0) is 23.5. The van der Waals surface area contributed by atoms with Crippen molar-refractivity contribution < 1.29 is 19.1 Å². The van der Waals surface area contributed by atoms with Crippen LogP contribution in [0.2, 0.25) is 0 Å². The molecule has 32 heavy (non-hydrogen) atoms. The molecule has 2 aromatic rings. The van der Waals surface area contributed by atoms with E-state index in [-0.39, 0.29) is 30.2 Å². The molecule has 0 saturated heterocycles. The maximum Gasteiger partial charge on any atom is 0.255 e. The Morgan fingerprint density at radius 3 is 2.47 bits per heavy atom. The second kappa shape index (κ2) is 12.8. The van der Waals surface area contributed by atoms with Crippen LogP contribution >= 0.6 is 11.8 Å². The third-order valence-electron chi connectivity index (χ3n) is 4.77. The van der Waals surface area contributed by atoms with Crippen molar-refractivity contribution >= 4 is 35.2 Å². The summed E-state index contributed by atoms with van der Waals surface area (Å²) >= 11 is 1.61. The lowest BCUT2D eigenvalue weighted by Crippen LogP contribution is -2.47. The van der Waals surface area contributed by atoms with Gasteiger partial charge in [-0.15, -0.1) is 0 Å². The van der Waals surface area contributed by atoms with Gasteiger partial charge in [0.05, 0.1) is 12.7 Å². The monoisotopic (exact) mass is 457 g/mol. The van der Waals surface area contributed by atoms with E-state index in [1.165, 1.54) is 7.11 Å². The highest BCUT2D eigenvalue weighted by molar-refractivity contribution is 7.98. The fourth-order valence-electron chi connectivity index (χ4n) is 2.93. The summed E-state index contributed by atoms with van der Waals surface area (Å²) in [5, 5.41) is 8.57. The molecule has 172 valence electrons. The summed E-state index contributed by atoms with van der Waals surface area (Å²) in [5.74, 6) is 0.362. The molecule has 0 fully saturated rings. The van der Waals surface area contributed by atoms with Crippen LogP contribution in [-0.4, -0.2) is 42.9 Å². The highest BCUT2D eigenvalue weighted by Gasteiger charge is 2.22. The van der Waals surface area contributed by atoms with Crippen LogP contribution in [0.5, 0.6) is 5.75 Å². The molecule has 0 radical (unpaired) electrons. The van der Waals surface area contributed by atoms with Gasteiger partial charge in [0, 0.05) is 18.2 Å². The van der Waals surface area contributed by atoms with Crippen molar-refractivity contribution in [3.05, 3.63) is 59.7 Å². The Kier molecular flexibility index (Phi) is 10.1. The third-order valence-corrected chi connectivity index (χ3v) is 5.41. The van der Waals surface area contributed by atoms with Crippen LogP contribution in [0.15, 0.2) is 48.5 Å². The molecule has 7 nitrogen and oxygen atoms in total. The lowest BCUT2D eigenvalue weighted by Gasteiger charge is -2.19. The van der Waals surface area contributed by atoms with Crippen LogP contribution in [0, 0.1) is 5.92 Å². The normalized spacial score (nSPS) is 11.5. The fourth-order valence-corrected chi connectivity index (χ4v) is 3.40. The molecular weight excluding hydrogens is 426 g/mol. The van der Waals surface area contributed by atoms with Crippen molar-refractivity contribution in [2.24, 2.45) is 5.92 Å². The van der Waals surface area contributed by atoms with Crippen molar-refractivity contribution in [1.29, 1.82) is 0 Å². The van der Waals surface area contributed by atoms with Gasteiger partial charge in [-0.25, -0.2) is 0 Å². The number of carbonyl (C=O) groups is 3. The van der Waals surface area contributed by atoms with Crippen molar-refractivity contribution in [2.45, 2.75) is 32.9 Å². The zero-order valence-corrected chi connectivity index (χ0v) is 19.8. The molecule has 0 aliphatic rings. The number of nitrogens with one attached hydrogen (secondary N) is 3. The molecule has 2 aromatic carbocycles. The van der Waals surface area contributed by atoms with Crippen LogP contribution in [0.3, 0.4) is 0 Å². The number of para-hydroxylation sites is 1. The second-order valence-electron chi connectivity index (χ2n) is 7.57. The van der Waals surface area contributed by atoms with Gasteiger partial charge in [-0.1, -0.05) is 38.1 Å². The van der Waals surface area contributed by atoms with Crippen LogP contribution < -0.4 is 20.7 Å². The first-order valence-corrected chi connectivity index (χ1v) is 11.9. The lowest BCUT2D eigenvalue weighted by atomic mass is 10.1. The van der Waals surface area contributed by atoms with E-state index in [1.807, 2.05) is 38.3 Å². The van der Waals surface area contributed by atoms with E-state index in [2.05, 4.69) is 16.0 Å².